The van der Waals surface area contributed by atoms with E-state index in [1.165, 1.54) is 0 Å². The molecule has 0 aliphatic heterocycles. The summed E-state index contributed by atoms with van der Waals surface area (Å²) in [4.78, 5) is 8.69. The smallest absolute Gasteiger partial charge is 0.169 e. The summed E-state index contributed by atoms with van der Waals surface area (Å²) in [6.45, 7) is 0. The van der Waals surface area contributed by atoms with Crippen molar-refractivity contribution in [3.8, 4) is 0 Å². The average Bonchev–Trinajstić information content (AvgIpc) is 3.25. The standard InChI is InChI=1S/C24H4F8N2/c25-9-1-5-13-6(2-10(26)18(30)15(13)17(9)29)22-21(5)33-23-7-3-11(27)19(31)16-14(7)8(24(23)34-22)4-12(28)20(16)32/h1-4H. The number of hydrogen-bond donors (Lipinski definition) is 0. The van der Waals surface area contributed by atoms with Gasteiger partial charge in [0.25, 0.3) is 0 Å². The molecule has 10 heteroatoms. The largest absolute Gasteiger partial charge is 0.243 e. The van der Waals surface area contributed by atoms with Gasteiger partial charge in [-0.2, -0.15) is 0 Å². The van der Waals surface area contributed by atoms with Crippen molar-refractivity contribution in [2.75, 3.05) is 0 Å². The van der Waals surface area contributed by atoms with Crippen LogP contribution in [0.3, 0.4) is 0 Å². The van der Waals surface area contributed by atoms with Crippen LogP contribution in [0.1, 0.15) is 0 Å². The van der Waals surface area contributed by atoms with Crippen molar-refractivity contribution in [2.45, 2.75) is 0 Å². The number of fused-ring (bicyclic) bond motifs is 6. The van der Waals surface area contributed by atoms with E-state index in [2.05, 4.69) is 9.97 Å². The summed E-state index contributed by atoms with van der Waals surface area (Å²) >= 11 is 0. The fourth-order valence-corrected chi connectivity index (χ4v) is 4.92. The minimum atomic E-state index is -1.59. The molecule has 0 spiro atoms. The summed E-state index contributed by atoms with van der Waals surface area (Å²) in [5, 5.41) is -2.57. The average molecular weight is 472 g/mol. The van der Waals surface area contributed by atoms with Crippen molar-refractivity contribution in [1.82, 2.24) is 9.97 Å². The van der Waals surface area contributed by atoms with Crippen molar-refractivity contribution in [1.29, 1.82) is 0 Å². The summed E-state index contributed by atoms with van der Waals surface area (Å²) in [5.74, 6) is -12.2. The van der Waals surface area contributed by atoms with Crippen molar-refractivity contribution in [3.63, 3.8) is 0 Å². The minimum Gasteiger partial charge on any atom is -0.243 e. The Morgan fingerprint density at radius 1 is 0.353 bits per heavy atom. The number of halogens is 8. The number of benzene rings is 4. The predicted molar refractivity (Wildman–Crippen MR) is 109 cm³/mol. The van der Waals surface area contributed by atoms with Gasteiger partial charge in [0.15, 0.2) is 46.5 Å². The number of nitrogens with zero attached hydrogens (tertiary/aromatic N) is 2. The van der Waals surface area contributed by atoms with Crippen LogP contribution in [0.2, 0.25) is 0 Å². The Balaban J connectivity index is 1.82. The molecule has 34 heavy (non-hydrogen) atoms. The van der Waals surface area contributed by atoms with E-state index < -0.39 is 57.3 Å². The third kappa shape index (κ3) is 2.03. The Labute approximate surface area is 181 Å². The molecule has 6 aromatic carbocycles. The number of aromatic nitrogens is 2. The van der Waals surface area contributed by atoms with Gasteiger partial charge in [0.1, 0.15) is 0 Å². The topological polar surface area (TPSA) is 25.8 Å². The lowest BCUT2D eigenvalue weighted by Crippen LogP contribution is -1.93. The zero-order chi connectivity index (χ0) is 23.8. The summed E-state index contributed by atoms with van der Waals surface area (Å²) in [5.41, 5.74) is -0.410. The zero-order valence-corrected chi connectivity index (χ0v) is 16.2. The van der Waals surface area contributed by atoms with Crippen molar-refractivity contribution in [3.05, 3.63) is 70.8 Å². The van der Waals surface area contributed by atoms with E-state index in [1.807, 2.05) is 0 Å². The highest BCUT2D eigenvalue weighted by molar-refractivity contribution is 6.33. The van der Waals surface area contributed by atoms with Crippen LogP contribution in [0.5, 0.6) is 0 Å². The molecule has 0 bridgehead atoms. The van der Waals surface area contributed by atoms with Gasteiger partial charge in [0.05, 0.1) is 32.8 Å². The molecule has 0 radical (unpaired) electrons. The van der Waals surface area contributed by atoms with Crippen LogP contribution in [-0.4, -0.2) is 9.97 Å². The van der Waals surface area contributed by atoms with E-state index in [1.54, 1.807) is 0 Å². The molecule has 1 aromatic heterocycles. The molecule has 0 saturated carbocycles. The summed E-state index contributed by atoms with van der Waals surface area (Å²) in [7, 11) is 0. The molecule has 0 fully saturated rings. The first-order chi connectivity index (χ1) is 16.2. The Morgan fingerprint density at radius 2 is 0.588 bits per heavy atom. The van der Waals surface area contributed by atoms with E-state index in [-0.39, 0.29) is 54.4 Å². The first-order valence-corrected chi connectivity index (χ1v) is 9.72. The van der Waals surface area contributed by atoms with E-state index in [9.17, 15) is 35.1 Å². The normalized spacial score (nSPS) is 12.7. The van der Waals surface area contributed by atoms with Gasteiger partial charge in [-0.3, -0.25) is 0 Å². The van der Waals surface area contributed by atoms with Gasteiger partial charge in [-0.1, -0.05) is 0 Å². The summed E-state index contributed by atoms with van der Waals surface area (Å²) in [6, 6.07) is 2.97. The molecule has 2 nitrogen and oxygen atoms in total. The molecule has 7 rings (SSSR count). The van der Waals surface area contributed by atoms with Gasteiger partial charge >= 0.3 is 0 Å². The molecular weight excluding hydrogens is 468 g/mol. The summed E-state index contributed by atoms with van der Waals surface area (Å²) in [6.07, 6.45) is 0. The fourth-order valence-electron chi connectivity index (χ4n) is 4.92. The highest BCUT2D eigenvalue weighted by atomic mass is 19.2. The number of rotatable bonds is 0. The summed E-state index contributed by atoms with van der Waals surface area (Å²) < 4.78 is 115. The molecule has 166 valence electrons. The van der Waals surface area contributed by atoms with Gasteiger partial charge < -0.3 is 0 Å². The molecule has 0 atom stereocenters. The maximum absolute atomic E-state index is 14.4. The third-order valence-corrected chi connectivity index (χ3v) is 6.29. The second-order valence-electron chi connectivity index (χ2n) is 8.00. The molecule has 0 aliphatic carbocycles. The predicted octanol–water partition coefficient (Wildman–Crippen LogP) is 7.38. The van der Waals surface area contributed by atoms with E-state index >= 15 is 0 Å². The van der Waals surface area contributed by atoms with Crippen molar-refractivity contribution in [2.24, 2.45) is 0 Å². The lowest BCUT2D eigenvalue weighted by atomic mass is 10.0. The van der Waals surface area contributed by atoms with Crippen molar-refractivity contribution < 1.29 is 35.1 Å². The van der Waals surface area contributed by atoms with Crippen LogP contribution >= 0.6 is 0 Å². The first kappa shape index (κ1) is 19.4. The lowest BCUT2D eigenvalue weighted by Gasteiger charge is -2.04. The Kier molecular flexibility index (Phi) is 3.35. The Bertz CT molecular complexity index is 1770. The SMILES string of the molecule is Fc1cc2c3nc4c5cc(F)c(F)c6c(F)c(F)cc(c4nc3c3cc(F)c(F)c(c1F)c23)c65. The molecule has 0 unspecified atom stereocenters. The highest BCUT2D eigenvalue weighted by Crippen LogP contribution is 2.45. The molecular formula is C24H4F8N2. The van der Waals surface area contributed by atoms with Gasteiger partial charge in [-0.15, -0.1) is 0 Å². The second kappa shape index (κ2) is 5.88. The van der Waals surface area contributed by atoms with Crippen molar-refractivity contribution >= 4 is 65.2 Å². The Morgan fingerprint density at radius 3 is 0.824 bits per heavy atom. The monoisotopic (exact) mass is 472 g/mol. The van der Waals surface area contributed by atoms with Crippen LogP contribution in [0.25, 0.3) is 65.2 Å². The molecule has 0 N–H and O–H groups in total. The maximum Gasteiger partial charge on any atom is 0.169 e. The van der Waals surface area contributed by atoms with Crippen LogP contribution in [0.15, 0.2) is 24.3 Å². The van der Waals surface area contributed by atoms with Gasteiger partial charge in [-0.25, -0.2) is 45.1 Å². The van der Waals surface area contributed by atoms with Gasteiger partial charge in [0.2, 0.25) is 0 Å². The molecule has 1 heterocycles. The lowest BCUT2D eigenvalue weighted by molar-refractivity contribution is 0.495. The highest BCUT2D eigenvalue weighted by Gasteiger charge is 2.28. The van der Waals surface area contributed by atoms with E-state index in [0.29, 0.717) is 0 Å². The van der Waals surface area contributed by atoms with Crippen LogP contribution < -0.4 is 0 Å². The Hall–Kier alpha value is -4.08. The quantitative estimate of drug-likeness (QED) is 0.215. The van der Waals surface area contributed by atoms with E-state index in [4.69, 9.17) is 0 Å². The van der Waals surface area contributed by atoms with Gasteiger partial charge in [0, 0.05) is 32.3 Å². The van der Waals surface area contributed by atoms with Crippen LogP contribution in [-0.2, 0) is 0 Å². The van der Waals surface area contributed by atoms with Crippen LogP contribution in [0, 0.1) is 46.5 Å². The van der Waals surface area contributed by atoms with Crippen LogP contribution in [0.4, 0.5) is 35.1 Å². The van der Waals surface area contributed by atoms with E-state index in [0.717, 1.165) is 24.3 Å². The molecule has 7 aromatic rings. The second-order valence-corrected chi connectivity index (χ2v) is 8.00. The zero-order valence-electron chi connectivity index (χ0n) is 16.2. The van der Waals surface area contributed by atoms with Gasteiger partial charge in [-0.05, 0) is 24.3 Å². The first-order valence-electron chi connectivity index (χ1n) is 9.72. The minimum absolute atomic E-state index is 0.0970. The maximum atomic E-state index is 14.4. The third-order valence-electron chi connectivity index (χ3n) is 6.29. The number of hydrogen-bond acceptors (Lipinski definition) is 2. The molecule has 0 saturated heterocycles. The molecule has 0 aliphatic rings. The molecule has 0 amide bonds. The fraction of sp³-hybridized carbons (Fsp3) is 0.